The second-order valence-corrected chi connectivity index (χ2v) is 5.68. The Morgan fingerprint density at radius 3 is 2.78 bits per heavy atom. The third kappa shape index (κ3) is 7.16. The second-order valence-electron chi connectivity index (χ2n) is 5.68. The van der Waals surface area contributed by atoms with Gasteiger partial charge >= 0.3 is 6.61 Å². The van der Waals surface area contributed by atoms with Gasteiger partial charge in [0.15, 0.2) is 5.96 Å². The van der Waals surface area contributed by atoms with Crippen LogP contribution in [0.3, 0.4) is 0 Å². The zero-order valence-corrected chi connectivity index (χ0v) is 15.5. The lowest BCUT2D eigenvalue weighted by Crippen LogP contribution is -2.37. The molecule has 0 amide bonds. The quantitative estimate of drug-likeness (QED) is 0.486. The summed E-state index contributed by atoms with van der Waals surface area (Å²) in [6.07, 6.45) is 3.16. The zero-order valence-electron chi connectivity index (χ0n) is 15.5. The van der Waals surface area contributed by atoms with Crippen LogP contribution in [0.15, 0.2) is 46.0 Å². The molecule has 6 nitrogen and oxygen atoms in total. The fourth-order valence-electron chi connectivity index (χ4n) is 2.35. The highest BCUT2D eigenvalue weighted by Crippen LogP contribution is 2.26. The van der Waals surface area contributed by atoms with Gasteiger partial charge in [0.05, 0.1) is 12.9 Å². The number of guanidine groups is 1. The van der Waals surface area contributed by atoms with E-state index in [1.54, 1.807) is 25.4 Å². The molecule has 0 aliphatic rings. The smallest absolute Gasteiger partial charge is 0.387 e. The van der Waals surface area contributed by atoms with Crippen LogP contribution in [0.25, 0.3) is 0 Å². The molecule has 27 heavy (non-hydrogen) atoms. The molecular formula is C19H25F2N3O3. The molecule has 148 valence electrons. The van der Waals surface area contributed by atoms with E-state index in [1.165, 1.54) is 6.07 Å². The first kappa shape index (κ1) is 20.5. The highest BCUT2D eigenvalue weighted by molar-refractivity contribution is 5.79. The molecule has 0 saturated heterocycles. The molecule has 0 bridgehead atoms. The number of rotatable bonds is 10. The van der Waals surface area contributed by atoms with Crippen molar-refractivity contribution in [3.8, 4) is 11.5 Å². The Morgan fingerprint density at radius 1 is 1.26 bits per heavy atom. The number of hydrogen-bond acceptors (Lipinski definition) is 4. The molecule has 2 aromatic rings. The summed E-state index contributed by atoms with van der Waals surface area (Å²) in [5.41, 5.74) is 0.577. The van der Waals surface area contributed by atoms with E-state index in [0.29, 0.717) is 36.8 Å². The van der Waals surface area contributed by atoms with Gasteiger partial charge in [-0.05, 0) is 30.7 Å². The number of hydrogen-bond donors (Lipinski definition) is 2. The van der Waals surface area contributed by atoms with Crippen LogP contribution < -0.4 is 20.1 Å². The van der Waals surface area contributed by atoms with E-state index in [0.717, 1.165) is 12.2 Å². The van der Waals surface area contributed by atoms with Gasteiger partial charge in [0.2, 0.25) is 0 Å². The summed E-state index contributed by atoms with van der Waals surface area (Å²) < 4.78 is 40.8. The summed E-state index contributed by atoms with van der Waals surface area (Å²) >= 11 is 0. The topological polar surface area (TPSA) is 68.0 Å². The lowest BCUT2D eigenvalue weighted by atomic mass is 10.2. The average molecular weight is 381 g/mol. The Balaban J connectivity index is 1.93. The van der Waals surface area contributed by atoms with E-state index >= 15 is 0 Å². The number of benzene rings is 1. The minimum Gasteiger partial charge on any atom is -0.493 e. The maximum atomic E-state index is 12.7. The predicted octanol–water partition coefficient (Wildman–Crippen LogP) is 3.58. The van der Waals surface area contributed by atoms with Crippen LogP contribution in [0.1, 0.15) is 24.7 Å². The molecule has 1 heterocycles. The number of halogens is 2. The van der Waals surface area contributed by atoms with Crippen molar-refractivity contribution in [2.24, 2.45) is 4.99 Å². The van der Waals surface area contributed by atoms with Crippen molar-refractivity contribution in [2.45, 2.75) is 32.9 Å². The number of nitrogens with zero attached hydrogens (tertiary/aromatic N) is 1. The number of alkyl halides is 2. The third-order valence-corrected chi connectivity index (χ3v) is 3.64. The summed E-state index contributed by atoms with van der Waals surface area (Å²) in [7, 11) is 1.64. The van der Waals surface area contributed by atoms with Crippen LogP contribution in [-0.2, 0) is 13.0 Å². The highest BCUT2D eigenvalue weighted by atomic mass is 19.3. The van der Waals surface area contributed by atoms with Crippen molar-refractivity contribution in [3.05, 3.63) is 47.9 Å². The fourth-order valence-corrected chi connectivity index (χ4v) is 2.35. The third-order valence-electron chi connectivity index (χ3n) is 3.64. The minimum absolute atomic E-state index is 0.0807. The SMILES string of the molecule is CCCOc1ccc(CNC(=NC)NCCc2ccco2)c(OC(F)F)c1. The van der Waals surface area contributed by atoms with Crippen LogP contribution in [0.4, 0.5) is 8.78 Å². The number of nitrogens with one attached hydrogen (secondary N) is 2. The molecule has 0 aliphatic carbocycles. The Morgan fingerprint density at radius 2 is 2.11 bits per heavy atom. The molecule has 2 rings (SSSR count). The normalized spacial score (nSPS) is 11.5. The van der Waals surface area contributed by atoms with E-state index < -0.39 is 6.61 Å². The van der Waals surface area contributed by atoms with E-state index in [-0.39, 0.29) is 12.3 Å². The molecule has 0 saturated carbocycles. The molecular weight excluding hydrogens is 356 g/mol. The lowest BCUT2D eigenvalue weighted by Gasteiger charge is -2.15. The highest BCUT2D eigenvalue weighted by Gasteiger charge is 2.12. The maximum absolute atomic E-state index is 12.7. The number of aliphatic imine (C=N–C) groups is 1. The lowest BCUT2D eigenvalue weighted by molar-refractivity contribution is -0.0505. The molecule has 0 radical (unpaired) electrons. The van der Waals surface area contributed by atoms with Crippen LogP contribution in [0, 0.1) is 0 Å². The monoisotopic (exact) mass is 381 g/mol. The van der Waals surface area contributed by atoms with Gasteiger partial charge in [0.1, 0.15) is 17.3 Å². The molecule has 1 aromatic heterocycles. The van der Waals surface area contributed by atoms with Crippen molar-refractivity contribution in [1.29, 1.82) is 0 Å². The number of ether oxygens (including phenoxy) is 2. The minimum atomic E-state index is -2.91. The summed E-state index contributed by atoms with van der Waals surface area (Å²) in [5.74, 6) is 2.00. The Labute approximate surface area is 157 Å². The van der Waals surface area contributed by atoms with Crippen molar-refractivity contribution < 1.29 is 22.7 Å². The molecule has 1 aromatic carbocycles. The number of furan rings is 1. The Bertz CT molecular complexity index is 706. The average Bonchev–Trinajstić information content (AvgIpc) is 3.16. The van der Waals surface area contributed by atoms with E-state index in [1.807, 2.05) is 19.1 Å². The first-order valence-electron chi connectivity index (χ1n) is 8.79. The van der Waals surface area contributed by atoms with E-state index in [2.05, 4.69) is 20.4 Å². The van der Waals surface area contributed by atoms with Crippen molar-refractivity contribution in [2.75, 3.05) is 20.2 Å². The van der Waals surface area contributed by atoms with Crippen LogP contribution in [0.5, 0.6) is 11.5 Å². The molecule has 0 unspecified atom stereocenters. The predicted molar refractivity (Wildman–Crippen MR) is 99.5 cm³/mol. The fraction of sp³-hybridized carbons (Fsp3) is 0.421. The van der Waals surface area contributed by atoms with Crippen molar-refractivity contribution >= 4 is 5.96 Å². The molecule has 0 atom stereocenters. The van der Waals surface area contributed by atoms with Gasteiger partial charge in [-0.1, -0.05) is 6.92 Å². The summed E-state index contributed by atoms with van der Waals surface area (Å²) in [6, 6.07) is 8.64. The van der Waals surface area contributed by atoms with Crippen LogP contribution in [0.2, 0.25) is 0 Å². The van der Waals surface area contributed by atoms with Gasteiger partial charge in [-0.25, -0.2) is 0 Å². The van der Waals surface area contributed by atoms with Crippen molar-refractivity contribution in [3.63, 3.8) is 0 Å². The Hall–Kier alpha value is -2.77. The van der Waals surface area contributed by atoms with Gasteiger partial charge in [-0.2, -0.15) is 8.78 Å². The molecule has 2 N–H and O–H groups in total. The van der Waals surface area contributed by atoms with Crippen LogP contribution >= 0.6 is 0 Å². The molecule has 0 fully saturated rings. The van der Waals surface area contributed by atoms with Gasteiger partial charge in [0.25, 0.3) is 0 Å². The first-order chi connectivity index (χ1) is 13.1. The van der Waals surface area contributed by atoms with Gasteiger partial charge in [-0.15, -0.1) is 0 Å². The van der Waals surface area contributed by atoms with Gasteiger partial charge in [0, 0.05) is 38.2 Å². The summed E-state index contributed by atoms with van der Waals surface area (Å²) in [5, 5.41) is 6.23. The molecule has 8 heteroatoms. The Kier molecular flexibility index (Phi) is 8.41. The maximum Gasteiger partial charge on any atom is 0.387 e. The summed E-state index contributed by atoms with van der Waals surface area (Å²) in [6.45, 7) is 0.474. The summed E-state index contributed by atoms with van der Waals surface area (Å²) in [4.78, 5) is 4.12. The first-order valence-corrected chi connectivity index (χ1v) is 8.79. The molecule has 0 aliphatic heterocycles. The van der Waals surface area contributed by atoms with Gasteiger partial charge in [-0.3, -0.25) is 4.99 Å². The van der Waals surface area contributed by atoms with E-state index in [9.17, 15) is 8.78 Å². The molecule has 0 spiro atoms. The zero-order chi connectivity index (χ0) is 19.5. The van der Waals surface area contributed by atoms with Gasteiger partial charge < -0.3 is 24.5 Å². The second kappa shape index (κ2) is 11.1. The largest absolute Gasteiger partial charge is 0.493 e. The van der Waals surface area contributed by atoms with Crippen LogP contribution in [-0.4, -0.2) is 32.8 Å². The van der Waals surface area contributed by atoms with Crippen molar-refractivity contribution in [1.82, 2.24) is 10.6 Å². The van der Waals surface area contributed by atoms with E-state index in [4.69, 9.17) is 9.15 Å². The standard InChI is InChI=1S/C19H25F2N3O3/c1-3-10-25-16-7-6-14(17(12-16)27-18(20)21)13-24-19(22-2)23-9-8-15-5-4-11-26-15/h4-7,11-12,18H,3,8-10,13H2,1-2H3,(H2,22,23,24).